The summed E-state index contributed by atoms with van der Waals surface area (Å²) in [5.41, 5.74) is 0.610. The highest BCUT2D eigenvalue weighted by molar-refractivity contribution is 5.82. The number of urea groups is 1. The molecule has 3 amide bonds. The van der Waals surface area contributed by atoms with Gasteiger partial charge in [-0.05, 0) is 31.4 Å². The lowest BCUT2D eigenvalue weighted by molar-refractivity contribution is -0.131. The molecule has 0 bridgehead atoms. The Morgan fingerprint density at radius 3 is 2.73 bits per heavy atom. The van der Waals surface area contributed by atoms with Gasteiger partial charge in [0.15, 0.2) is 0 Å². The molecular formula is C15H19FN4O2. The lowest BCUT2D eigenvalue weighted by atomic mass is 10.1. The van der Waals surface area contributed by atoms with Crippen LogP contribution in [0.3, 0.4) is 0 Å². The molecule has 3 rings (SSSR count). The van der Waals surface area contributed by atoms with E-state index in [1.54, 1.807) is 16.7 Å². The van der Waals surface area contributed by atoms with Gasteiger partial charge in [-0.25, -0.2) is 9.18 Å². The number of rotatable bonds is 3. The van der Waals surface area contributed by atoms with Crippen LogP contribution >= 0.6 is 0 Å². The van der Waals surface area contributed by atoms with Crippen molar-refractivity contribution in [1.29, 1.82) is 0 Å². The van der Waals surface area contributed by atoms with Crippen molar-refractivity contribution >= 4 is 11.9 Å². The molecule has 6 nitrogen and oxygen atoms in total. The minimum absolute atomic E-state index is 0.151. The smallest absolute Gasteiger partial charge is 0.319 e. The number of pyridine rings is 1. The zero-order valence-corrected chi connectivity index (χ0v) is 12.5. The highest BCUT2D eigenvalue weighted by Gasteiger charge is 2.37. The topological polar surface area (TPSA) is 65.5 Å². The third-order valence-corrected chi connectivity index (χ3v) is 4.07. The third kappa shape index (κ3) is 3.18. The highest BCUT2D eigenvalue weighted by atomic mass is 19.1. The number of carbonyl (C=O) groups excluding carboxylic acids is 2. The fraction of sp³-hybridized carbons (Fsp3) is 0.533. The minimum atomic E-state index is -0.430. The number of nitrogens with one attached hydrogen (secondary N) is 1. The molecule has 1 atom stereocenters. The summed E-state index contributed by atoms with van der Waals surface area (Å²) in [6, 6.07) is 0.761. The summed E-state index contributed by atoms with van der Waals surface area (Å²) in [6.07, 6.45) is 4.58. The molecule has 1 aromatic rings. The van der Waals surface area contributed by atoms with Gasteiger partial charge < -0.3 is 15.1 Å². The molecule has 1 aliphatic heterocycles. The van der Waals surface area contributed by atoms with E-state index in [2.05, 4.69) is 10.3 Å². The average molecular weight is 306 g/mol. The zero-order valence-electron chi connectivity index (χ0n) is 12.5. The van der Waals surface area contributed by atoms with Crippen LogP contribution in [0, 0.1) is 11.7 Å². The predicted octanol–water partition coefficient (Wildman–Crippen LogP) is 1.50. The van der Waals surface area contributed by atoms with E-state index in [4.69, 9.17) is 0 Å². The van der Waals surface area contributed by atoms with E-state index in [9.17, 15) is 14.0 Å². The van der Waals surface area contributed by atoms with Gasteiger partial charge in [-0.1, -0.05) is 0 Å². The summed E-state index contributed by atoms with van der Waals surface area (Å²) in [7, 11) is 0. The van der Waals surface area contributed by atoms with Gasteiger partial charge in [-0.3, -0.25) is 9.78 Å². The largest absolute Gasteiger partial charge is 0.331 e. The van der Waals surface area contributed by atoms with Gasteiger partial charge in [0.25, 0.3) is 0 Å². The average Bonchev–Trinajstić information content (AvgIpc) is 3.23. The van der Waals surface area contributed by atoms with E-state index in [-0.39, 0.29) is 23.9 Å². The quantitative estimate of drug-likeness (QED) is 0.920. The normalized spacial score (nSPS) is 19.2. The summed E-state index contributed by atoms with van der Waals surface area (Å²) < 4.78 is 13.2. The molecule has 0 aromatic carbocycles. The molecule has 0 unspecified atom stereocenters. The molecule has 1 saturated carbocycles. The van der Waals surface area contributed by atoms with E-state index >= 15 is 0 Å². The molecule has 22 heavy (non-hydrogen) atoms. The molecule has 7 heteroatoms. The summed E-state index contributed by atoms with van der Waals surface area (Å²) in [5.74, 6) is -0.112. The molecule has 1 aliphatic carbocycles. The molecule has 1 saturated heterocycles. The number of aromatic nitrogens is 1. The Hall–Kier alpha value is -2.18. The molecule has 0 radical (unpaired) electrons. The molecule has 0 spiro atoms. The van der Waals surface area contributed by atoms with E-state index in [0.717, 1.165) is 19.0 Å². The first-order chi connectivity index (χ1) is 10.5. The third-order valence-electron chi connectivity index (χ3n) is 4.07. The Bertz CT molecular complexity index is 591. The molecule has 118 valence electrons. The summed E-state index contributed by atoms with van der Waals surface area (Å²) in [6.45, 7) is 3.21. The van der Waals surface area contributed by atoms with E-state index in [1.165, 1.54) is 12.3 Å². The van der Waals surface area contributed by atoms with Crippen molar-refractivity contribution < 1.29 is 14.0 Å². The van der Waals surface area contributed by atoms with Crippen LogP contribution in [-0.4, -0.2) is 46.5 Å². The Morgan fingerprint density at radius 1 is 1.32 bits per heavy atom. The van der Waals surface area contributed by atoms with Crippen molar-refractivity contribution in [3.05, 3.63) is 29.8 Å². The predicted molar refractivity (Wildman–Crippen MR) is 77.2 cm³/mol. The summed E-state index contributed by atoms with van der Waals surface area (Å²) in [5, 5.41) is 2.81. The highest BCUT2D eigenvalue weighted by Crippen LogP contribution is 2.31. The lowest BCUT2D eigenvalue weighted by Crippen LogP contribution is -2.41. The Balaban J connectivity index is 1.54. The molecule has 1 N–H and O–H groups in total. The Morgan fingerprint density at radius 2 is 2.05 bits per heavy atom. The van der Waals surface area contributed by atoms with Crippen molar-refractivity contribution in [2.75, 3.05) is 19.8 Å². The molecule has 1 aromatic heterocycles. The maximum Gasteiger partial charge on any atom is 0.319 e. The summed E-state index contributed by atoms with van der Waals surface area (Å²) in [4.78, 5) is 31.3. The van der Waals surface area contributed by atoms with E-state index in [0.29, 0.717) is 25.3 Å². The van der Waals surface area contributed by atoms with Gasteiger partial charge in [0.05, 0.1) is 18.9 Å². The number of hydrogen-bond donors (Lipinski definition) is 1. The number of halogens is 1. The van der Waals surface area contributed by atoms with Gasteiger partial charge in [-0.2, -0.15) is 0 Å². The van der Waals surface area contributed by atoms with Crippen molar-refractivity contribution in [3.63, 3.8) is 0 Å². The summed E-state index contributed by atoms with van der Waals surface area (Å²) >= 11 is 0. The van der Waals surface area contributed by atoms with Gasteiger partial charge in [0.1, 0.15) is 5.82 Å². The standard InChI is InChI=1S/C15H19FN4O2/c1-10(12-6-13(16)8-17-7-12)18-15(22)20-5-4-19(9-20)14(21)11-2-3-11/h6-8,10-11H,2-5,9H2,1H3,(H,18,22)/t10-/m0/s1. The van der Waals surface area contributed by atoms with Crippen LogP contribution < -0.4 is 5.32 Å². The molecule has 2 heterocycles. The fourth-order valence-electron chi connectivity index (χ4n) is 2.55. The Kier molecular flexibility index (Phi) is 3.96. The number of amides is 3. The number of hydrogen-bond acceptors (Lipinski definition) is 3. The molecular weight excluding hydrogens is 287 g/mol. The number of carbonyl (C=O) groups is 2. The van der Waals surface area contributed by atoms with Crippen molar-refractivity contribution in [2.24, 2.45) is 5.92 Å². The van der Waals surface area contributed by atoms with Crippen molar-refractivity contribution in [1.82, 2.24) is 20.1 Å². The van der Waals surface area contributed by atoms with Crippen LogP contribution in [0.1, 0.15) is 31.4 Å². The van der Waals surface area contributed by atoms with Crippen molar-refractivity contribution in [3.8, 4) is 0 Å². The van der Waals surface area contributed by atoms with E-state index in [1.807, 2.05) is 0 Å². The fourth-order valence-corrected chi connectivity index (χ4v) is 2.55. The second kappa shape index (κ2) is 5.90. The van der Waals surface area contributed by atoms with Gasteiger partial charge in [-0.15, -0.1) is 0 Å². The first-order valence-electron chi connectivity index (χ1n) is 7.49. The van der Waals surface area contributed by atoms with Crippen LogP contribution in [0.15, 0.2) is 18.5 Å². The minimum Gasteiger partial charge on any atom is -0.331 e. The first-order valence-corrected chi connectivity index (χ1v) is 7.49. The van der Waals surface area contributed by atoms with Crippen LogP contribution in [0.5, 0.6) is 0 Å². The monoisotopic (exact) mass is 306 g/mol. The van der Waals surface area contributed by atoms with Crippen LogP contribution in [0.25, 0.3) is 0 Å². The Labute approximate surface area is 128 Å². The van der Waals surface area contributed by atoms with Gasteiger partial charge >= 0.3 is 6.03 Å². The maximum atomic E-state index is 13.2. The molecule has 2 aliphatic rings. The van der Waals surface area contributed by atoms with Crippen LogP contribution in [0.2, 0.25) is 0 Å². The van der Waals surface area contributed by atoms with Gasteiger partial charge in [0.2, 0.25) is 5.91 Å². The molecule has 2 fully saturated rings. The second-order valence-electron chi connectivity index (χ2n) is 5.89. The number of nitrogens with zero attached hydrogens (tertiary/aromatic N) is 3. The van der Waals surface area contributed by atoms with Crippen molar-refractivity contribution in [2.45, 2.75) is 25.8 Å². The first kappa shape index (κ1) is 14.7. The SMILES string of the molecule is C[C@H](NC(=O)N1CCN(C(=O)C2CC2)C1)c1cncc(F)c1. The maximum absolute atomic E-state index is 13.2. The van der Waals surface area contributed by atoms with Crippen LogP contribution in [-0.2, 0) is 4.79 Å². The lowest BCUT2D eigenvalue weighted by Gasteiger charge is -2.21. The zero-order chi connectivity index (χ0) is 15.7. The second-order valence-corrected chi connectivity index (χ2v) is 5.89. The van der Waals surface area contributed by atoms with E-state index < -0.39 is 5.82 Å². The van der Waals surface area contributed by atoms with Gasteiger partial charge in [0, 0.05) is 25.2 Å². The van der Waals surface area contributed by atoms with Crippen LogP contribution in [0.4, 0.5) is 9.18 Å².